The first-order valence-corrected chi connectivity index (χ1v) is 8.60. The Kier molecular flexibility index (Phi) is 5.46. The molecule has 0 unspecified atom stereocenters. The van der Waals surface area contributed by atoms with E-state index in [-0.39, 0.29) is 17.4 Å². The summed E-state index contributed by atoms with van der Waals surface area (Å²) in [4.78, 5) is 25.3. The van der Waals surface area contributed by atoms with Crippen molar-refractivity contribution in [1.82, 2.24) is 5.32 Å². The number of nitro benzene ring substituents is 1. The minimum absolute atomic E-state index is 0.108. The number of amides is 1. The molecular weight excluding hydrogens is 337 g/mol. The predicted octanol–water partition coefficient (Wildman–Crippen LogP) is 3.31. The average Bonchev–Trinajstić information content (AvgIpc) is 3.15. The number of carbonyl (C=O) groups is 1. The molecule has 1 fully saturated rings. The summed E-state index contributed by atoms with van der Waals surface area (Å²) in [5.41, 5.74) is 1.70. The van der Waals surface area contributed by atoms with Crippen LogP contribution in [-0.2, 0) is 6.42 Å². The molecule has 1 N–H and O–H groups in total. The molecule has 3 rings (SSSR count). The van der Waals surface area contributed by atoms with Crippen LogP contribution in [0.25, 0.3) is 0 Å². The van der Waals surface area contributed by atoms with E-state index in [1.807, 2.05) is 0 Å². The van der Waals surface area contributed by atoms with E-state index < -0.39 is 4.92 Å². The number of nitro groups is 1. The molecule has 1 aliphatic heterocycles. The molecule has 1 aliphatic rings. The van der Waals surface area contributed by atoms with Crippen molar-refractivity contribution in [2.45, 2.75) is 19.3 Å². The van der Waals surface area contributed by atoms with Crippen LogP contribution in [0.15, 0.2) is 42.5 Å². The molecule has 0 saturated carbocycles. The SMILES string of the molecule is O=C(NCCc1cccc(F)c1)c1cc([N+](=O)[O-])ccc1N1CCCC1. The van der Waals surface area contributed by atoms with Crippen molar-refractivity contribution in [3.05, 3.63) is 69.5 Å². The van der Waals surface area contributed by atoms with Crippen LogP contribution in [0.4, 0.5) is 15.8 Å². The molecule has 6 nitrogen and oxygen atoms in total. The lowest BCUT2D eigenvalue weighted by molar-refractivity contribution is -0.384. The van der Waals surface area contributed by atoms with Crippen molar-refractivity contribution in [1.29, 1.82) is 0 Å². The van der Waals surface area contributed by atoms with E-state index in [2.05, 4.69) is 10.2 Å². The predicted molar refractivity (Wildman–Crippen MR) is 97.0 cm³/mol. The van der Waals surface area contributed by atoms with Crippen molar-refractivity contribution in [2.75, 3.05) is 24.5 Å². The Bertz CT molecular complexity index is 819. The summed E-state index contributed by atoms with van der Waals surface area (Å²) in [6.07, 6.45) is 2.56. The molecular formula is C19H20FN3O3. The molecule has 0 aromatic heterocycles. The normalized spacial score (nSPS) is 13.7. The zero-order valence-corrected chi connectivity index (χ0v) is 14.3. The Morgan fingerprint density at radius 3 is 2.65 bits per heavy atom. The molecule has 26 heavy (non-hydrogen) atoms. The van der Waals surface area contributed by atoms with Gasteiger partial charge in [-0.3, -0.25) is 14.9 Å². The number of halogens is 1. The van der Waals surface area contributed by atoms with E-state index in [0.29, 0.717) is 18.5 Å². The Balaban J connectivity index is 1.73. The highest BCUT2D eigenvalue weighted by atomic mass is 19.1. The lowest BCUT2D eigenvalue weighted by atomic mass is 10.1. The Hall–Kier alpha value is -2.96. The third-order valence-electron chi connectivity index (χ3n) is 4.47. The van der Waals surface area contributed by atoms with E-state index >= 15 is 0 Å². The van der Waals surface area contributed by atoms with Gasteiger partial charge in [0.05, 0.1) is 16.2 Å². The molecule has 0 bridgehead atoms. The van der Waals surface area contributed by atoms with Gasteiger partial charge in [0, 0.05) is 31.8 Å². The van der Waals surface area contributed by atoms with Crippen LogP contribution in [0.1, 0.15) is 28.8 Å². The average molecular weight is 357 g/mol. The topological polar surface area (TPSA) is 75.5 Å². The van der Waals surface area contributed by atoms with E-state index in [9.17, 15) is 19.3 Å². The summed E-state index contributed by atoms with van der Waals surface area (Å²) < 4.78 is 13.2. The second kappa shape index (κ2) is 7.95. The van der Waals surface area contributed by atoms with Crippen LogP contribution in [0.5, 0.6) is 0 Å². The van der Waals surface area contributed by atoms with Gasteiger partial charge in [-0.05, 0) is 43.0 Å². The lowest BCUT2D eigenvalue weighted by Crippen LogP contribution is -2.29. The molecule has 1 heterocycles. The van der Waals surface area contributed by atoms with E-state index in [0.717, 1.165) is 37.2 Å². The summed E-state index contributed by atoms with van der Waals surface area (Å²) in [5, 5.41) is 13.9. The molecule has 1 saturated heterocycles. The number of benzene rings is 2. The van der Waals surface area contributed by atoms with Gasteiger partial charge in [-0.2, -0.15) is 0 Å². The zero-order valence-electron chi connectivity index (χ0n) is 14.3. The summed E-state index contributed by atoms with van der Waals surface area (Å²) >= 11 is 0. The van der Waals surface area contributed by atoms with Crippen LogP contribution in [0.3, 0.4) is 0 Å². The Morgan fingerprint density at radius 2 is 1.96 bits per heavy atom. The third-order valence-corrected chi connectivity index (χ3v) is 4.47. The molecule has 0 radical (unpaired) electrons. The first kappa shape index (κ1) is 17.8. The number of anilines is 1. The van der Waals surface area contributed by atoms with Crippen LogP contribution < -0.4 is 10.2 Å². The first-order valence-electron chi connectivity index (χ1n) is 8.60. The Labute approximate surface area is 150 Å². The van der Waals surface area contributed by atoms with E-state index in [1.165, 1.54) is 24.3 Å². The van der Waals surface area contributed by atoms with Gasteiger partial charge in [0.1, 0.15) is 5.82 Å². The number of carbonyl (C=O) groups excluding carboxylic acids is 1. The maximum Gasteiger partial charge on any atom is 0.270 e. The summed E-state index contributed by atoms with van der Waals surface area (Å²) in [5.74, 6) is -0.671. The molecule has 0 spiro atoms. The fraction of sp³-hybridized carbons (Fsp3) is 0.316. The molecule has 0 atom stereocenters. The van der Waals surface area contributed by atoms with Crippen molar-refractivity contribution < 1.29 is 14.1 Å². The molecule has 2 aromatic carbocycles. The zero-order chi connectivity index (χ0) is 18.5. The number of nitrogens with one attached hydrogen (secondary N) is 1. The van der Waals surface area contributed by atoms with Crippen molar-refractivity contribution in [3.8, 4) is 0 Å². The molecule has 0 aliphatic carbocycles. The monoisotopic (exact) mass is 357 g/mol. The van der Waals surface area contributed by atoms with Crippen LogP contribution in [0, 0.1) is 15.9 Å². The second-order valence-corrected chi connectivity index (χ2v) is 6.29. The van der Waals surface area contributed by atoms with Gasteiger partial charge < -0.3 is 10.2 Å². The van der Waals surface area contributed by atoms with Crippen LogP contribution >= 0.6 is 0 Å². The van der Waals surface area contributed by atoms with Gasteiger partial charge in [-0.25, -0.2) is 4.39 Å². The molecule has 7 heteroatoms. The minimum atomic E-state index is -0.503. The highest BCUT2D eigenvalue weighted by Gasteiger charge is 2.22. The number of non-ortho nitro benzene ring substituents is 1. The Morgan fingerprint density at radius 1 is 1.19 bits per heavy atom. The maximum atomic E-state index is 13.2. The standard InChI is InChI=1S/C19H20FN3O3/c20-15-5-3-4-14(12-15)8-9-21-19(24)17-13-16(23(25)26)6-7-18(17)22-10-1-2-11-22/h3-7,12-13H,1-2,8-11H2,(H,21,24). The van der Waals surface area contributed by atoms with Crippen molar-refractivity contribution in [2.24, 2.45) is 0 Å². The van der Waals surface area contributed by atoms with Crippen molar-refractivity contribution >= 4 is 17.3 Å². The molecule has 136 valence electrons. The lowest BCUT2D eigenvalue weighted by Gasteiger charge is -2.20. The van der Waals surface area contributed by atoms with Gasteiger partial charge in [-0.1, -0.05) is 12.1 Å². The van der Waals surface area contributed by atoms with Gasteiger partial charge in [0.2, 0.25) is 0 Å². The van der Waals surface area contributed by atoms with Gasteiger partial charge >= 0.3 is 0 Å². The smallest absolute Gasteiger partial charge is 0.270 e. The summed E-state index contributed by atoms with van der Waals surface area (Å²) in [6.45, 7) is 1.99. The largest absolute Gasteiger partial charge is 0.371 e. The summed E-state index contributed by atoms with van der Waals surface area (Å²) in [6, 6.07) is 10.6. The molecule has 2 aromatic rings. The van der Waals surface area contributed by atoms with Gasteiger partial charge in [-0.15, -0.1) is 0 Å². The number of nitrogens with zero attached hydrogens (tertiary/aromatic N) is 2. The summed E-state index contributed by atoms with van der Waals surface area (Å²) in [7, 11) is 0. The fourth-order valence-corrected chi connectivity index (χ4v) is 3.16. The van der Waals surface area contributed by atoms with Gasteiger partial charge in [0.25, 0.3) is 11.6 Å². The van der Waals surface area contributed by atoms with E-state index in [1.54, 1.807) is 18.2 Å². The maximum absolute atomic E-state index is 13.2. The minimum Gasteiger partial charge on any atom is -0.371 e. The highest BCUT2D eigenvalue weighted by Crippen LogP contribution is 2.28. The van der Waals surface area contributed by atoms with Gasteiger partial charge in [0.15, 0.2) is 0 Å². The van der Waals surface area contributed by atoms with E-state index in [4.69, 9.17) is 0 Å². The number of hydrogen-bond donors (Lipinski definition) is 1. The third kappa shape index (κ3) is 4.17. The first-order chi connectivity index (χ1) is 12.5. The van der Waals surface area contributed by atoms with Crippen LogP contribution in [0.2, 0.25) is 0 Å². The second-order valence-electron chi connectivity index (χ2n) is 6.29. The number of hydrogen-bond acceptors (Lipinski definition) is 4. The van der Waals surface area contributed by atoms with Crippen molar-refractivity contribution in [3.63, 3.8) is 0 Å². The molecule has 1 amide bonds. The highest BCUT2D eigenvalue weighted by molar-refractivity contribution is 6.00. The number of rotatable bonds is 6. The quantitative estimate of drug-likeness (QED) is 0.636. The van der Waals surface area contributed by atoms with Crippen LogP contribution in [-0.4, -0.2) is 30.5 Å². The fourth-order valence-electron chi connectivity index (χ4n) is 3.16.